The highest BCUT2D eigenvalue weighted by Crippen LogP contribution is 2.14. The normalized spacial score (nSPS) is 15.7. The number of guanidine groups is 1. The maximum absolute atomic E-state index is 5.94. The summed E-state index contributed by atoms with van der Waals surface area (Å²) in [7, 11) is 3.60. The van der Waals surface area contributed by atoms with Crippen LogP contribution in [0.15, 0.2) is 35.3 Å². The van der Waals surface area contributed by atoms with Crippen LogP contribution in [-0.2, 0) is 20.6 Å². The number of likely N-dealkylation sites (tertiary alicyclic amines) is 1. The van der Waals surface area contributed by atoms with Gasteiger partial charge in [0.1, 0.15) is 0 Å². The lowest BCUT2D eigenvalue weighted by atomic mass is 10.1. The van der Waals surface area contributed by atoms with Crippen molar-refractivity contribution in [3.8, 4) is 0 Å². The summed E-state index contributed by atoms with van der Waals surface area (Å²) in [5.74, 6) is 1.01. The van der Waals surface area contributed by atoms with Crippen molar-refractivity contribution in [2.24, 2.45) is 4.99 Å². The summed E-state index contributed by atoms with van der Waals surface area (Å²) in [6, 6.07) is 10.5. The summed E-state index contributed by atoms with van der Waals surface area (Å²) in [6.45, 7) is 6.10. The lowest BCUT2D eigenvalue weighted by Gasteiger charge is -2.34. The number of methoxy groups -OCH3 is 1. The van der Waals surface area contributed by atoms with Crippen LogP contribution in [0.25, 0.3) is 0 Å². The van der Waals surface area contributed by atoms with Crippen molar-refractivity contribution in [3.05, 3.63) is 35.9 Å². The van der Waals surface area contributed by atoms with Gasteiger partial charge in [0.15, 0.2) is 5.96 Å². The third-order valence-corrected chi connectivity index (χ3v) is 5.18. The number of aliphatic imine (C=N–C) groups is 1. The van der Waals surface area contributed by atoms with Gasteiger partial charge in [0.2, 0.25) is 0 Å². The Balaban J connectivity index is 1.48. The molecule has 1 aliphatic heterocycles. The molecule has 6 heteroatoms. The molecule has 1 saturated heterocycles. The largest absolute Gasteiger partial charge is 0.385 e. The quantitative estimate of drug-likeness (QED) is 0.310. The molecule has 6 nitrogen and oxygen atoms in total. The van der Waals surface area contributed by atoms with Gasteiger partial charge in [0.05, 0.1) is 12.7 Å². The Morgan fingerprint density at radius 3 is 2.55 bits per heavy atom. The molecule has 1 N–H and O–H groups in total. The minimum Gasteiger partial charge on any atom is -0.385 e. The van der Waals surface area contributed by atoms with Crippen molar-refractivity contribution in [3.63, 3.8) is 0 Å². The van der Waals surface area contributed by atoms with Crippen molar-refractivity contribution in [1.82, 2.24) is 10.2 Å². The predicted octanol–water partition coefficient (Wildman–Crippen LogP) is 3.12. The first kappa shape index (κ1) is 23.6. The molecular weight excluding hydrogens is 366 g/mol. The van der Waals surface area contributed by atoms with Crippen molar-refractivity contribution in [1.29, 1.82) is 0 Å². The molecule has 0 bridgehead atoms. The average Bonchev–Trinajstić information content (AvgIpc) is 2.77. The molecular formula is C23H39N3O3. The van der Waals surface area contributed by atoms with Gasteiger partial charge in [0, 0.05) is 53.6 Å². The Kier molecular flexibility index (Phi) is 12.4. The minimum absolute atomic E-state index is 0.370. The molecule has 0 atom stereocenters. The molecule has 1 aliphatic rings. The molecule has 0 amide bonds. The molecule has 1 aromatic carbocycles. The Labute approximate surface area is 176 Å². The summed E-state index contributed by atoms with van der Waals surface area (Å²) < 4.78 is 16.8. The zero-order valence-electron chi connectivity index (χ0n) is 18.3. The van der Waals surface area contributed by atoms with E-state index in [4.69, 9.17) is 14.2 Å². The second kappa shape index (κ2) is 15.2. The van der Waals surface area contributed by atoms with E-state index in [9.17, 15) is 0 Å². The molecule has 2 rings (SSSR count). The summed E-state index contributed by atoms with van der Waals surface area (Å²) >= 11 is 0. The van der Waals surface area contributed by atoms with E-state index in [-0.39, 0.29) is 0 Å². The molecule has 1 aromatic rings. The van der Waals surface area contributed by atoms with E-state index in [1.165, 1.54) is 5.56 Å². The highest BCUT2D eigenvalue weighted by molar-refractivity contribution is 5.79. The lowest BCUT2D eigenvalue weighted by Crippen LogP contribution is -2.47. The summed E-state index contributed by atoms with van der Waals surface area (Å²) in [6.07, 6.45) is 6.59. The molecule has 0 aliphatic carbocycles. The zero-order valence-corrected chi connectivity index (χ0v) is 18.3. The van der Waals surface area contributed by atoms with Crippen LogP contribution in [0.5, 0.6) is 0 Å². The van der Waals surface area contributed by atoms with Crippen molar-refractivity contribution >= 4 is 5.96 Å². The van der Waals surface area contributed by atoms with Crippen molar-refractivity contribution in [2.75, 3.05) is 60.2 Å². The van der Waals surface area contributed by atoms with Crippen molar-refractivity contribution in [2.45, 2.75) is 44.6 Å². The van der Waals surface area contributed by atoms with Crippen LogP contribution >= 0.6 is 0 Å². The van der Waals surface area contributed by atoms with Gasteiger partial charge < -0.3 is 24.4 Å². The van der Waals surface area contributed by atoms with Crippen molar-refractivity contribution < 1.29 is 14.2 Å². The van der Waals surface area contributed by atoms with Gasteiger partial charge in [-0.1, -0.05) is 30.3 Å². The SMILES string of the molecule is CN=C(NCCCCOCCc1ccccc1)N1CCC(OCCCOC)CC1. The van der Waals surface area contributed by atoms with Gasteiger partial charge in [-0.25, -0.2) is 0 Å². The molecule has 29 heavy (non-hydrogen) atoms. The second-order valence-electron chi connectivity index (χ2n) is 7.43. The van der Waals surface area contributed by atoms with Gasteiger partial charge in [-0.15, -0.1) is 0 Å². The average molecular weight is 406 g/mol. The van der Waals surface area contributed by atoms with Gasteiger partial charge in [-0.2, -0.15) is 0 Å². The fraction of sp³-hybridized carbons (Fsp3) is 0.696. The van der Waals surface area contributed by atoms with E-state index in [0.717, 1.165) is 90.5 Å². The molecule has 0 radical (unpaired) electrons. The highest BCUT2D eigenvalue weighted by Gasteiger charge is 2.21. The number of nitrogens with zero attached hydrogens (tertiary/aromatic N) is 2. The van der Waals surface area contributed by atoms with Gasteiger partial charge in [-0.3, -0.25) is 4.99 Å². The molecule has 1 fully saturated rings. The first-order valence-corrected chi connectivity index (χ1v) is 11.0. The fourth-order valence-electron chi connectivity index (χ4n) is 3.49. The molecule has 0 aromatic heterocycles. The predicted molar refractivity (Wildman–Crippen MR) is 119 cm³/mol. The Hall–Kier alpha value is -1.63. The number of piperidine rings is 1. The van der Waals surface area contributed by atoms with Gasteiger partial charge in [-0.05, 0) is 44.1 Å². The smallest absolute Gasteiger partial charge is 0.193 e. The Morgan fingerprint density at radius 1 is 1.03 bits per heavy atom. The standard InChI is InChI=1S/C23H39N3O3/c1-24-23(26-15-11-22(12-16-26)29-19-8-17-27-2)25-14-6-7-18-28-20-13-21-9-4-3-5-10-21/h3-5,9-10,22H,6-8,11-20H2,1-2H3,(H,24,25). The van der Waals surface area contributed by atoms with E-state index in [0.29, 0.717) is 6.10 Å². The topological polar surface area (TPSA) is 55.3 Å². The molecule has 164 valence electrons. The number of hydrogen-bond acceptors (Lipinski definition) is 4. The van der Waals surface area contributed by atoms with Gasteiger partial charge in [0.25, 0.3) is 0 Å². The van der Waals surface area contributed by atoms with E-state index in [1.54, 1.807) is 7.11 Å². The molecule has 0 saturated carbocycles. The first-order valence-electron chi connectivity index (χ1n) is 11.0. The fourth-order valence-corrected chi connectivity index (χ4v) is 3.49. The molecule has 1 heterocycles. The van der Waals surface area contributed by atoms with E-state index in [2.05, 4.69) is 39.5 Å². The first-order chi connectivity index (χ1) is 14.3. The second-order valence-corrected chi connectivity index (χ2v) is 7.43. The number of hydrogen-bond donors (Lipinski definition) is 1. The zero-order chi connectivity index (χ0) is 20.6. The highest BCUT2D eigenvalue weighted by atomic mass is 16.5. The van der Waals surface area contributed by atoms with E-state index in [1.807, 2.05) is 13.1 Å². The number of unbranched alkanes of at least 4 members (excludes halogenated alkanes) is 1. The van der Waals surface area contributed by atoms with Crippen LogP contribution in [0.1, 0.15) is 37.7 Å². The molecule has 0 unspecified atom stereocenters. The lowest BCUT2D eigenvalue weighted by molar-refractivity contribution is 0.00990. The van der Waals surface area contributed by atoms with E-state index < -0.39 is 0 Å². The van der Waals surface area contributed by atoms with Crippen LogP contribution in [0.3, 0.4) is 0 Å². The number of ether oxygens (including phenoxy) is 3. The number of rotatable bonds is 13. The number of nitrogens with one attached hydrogen (secondary N) is 1. The summed E-state index contributed by atoms with van der Waals surface area (Å²) in [5, 5.41) is 3.49. The van der Waals surface area contributed by atoms with Crippen LogP contribution in [0.4, 0.5) is 0 Å². The Bertz CT molecular complexity index is 546. The van der Waals surface area contributed by atoms with Crippen LogP contribution in [0.2, 0.25) is 0 Å². The van der Waals surface area contributed by atoms with Gasteiger partial charge >= 0.3 is 0 Å². The molecule has 0 spiro atoms. The van der Waals surface area contributed by atoms with E-state index >= 15 is 0 Å². The number of benzene rings is 1. The van der Waals surface area contributed by atoms with Crippen LogP contribution < -0.4 is 5.32 Å². The third kappa shape index (κ3) is 10.1. The third-order valence-electron chi connectivity index (χ3n) is 5.18. The van der Waals surface area contributed by atoms with Crippen LogP contribution in [0, 0.1) is 0 Å². The van der Waals surface area contributed by atoms with Crippen LogP contribution in [-0.4, -0.2) is 77.2 Å². The summed E-state index contributed by atoms with van der Waals surface area (Å²) in [4.78, 5) is 6.79. The maximum atomic E-state index is 5.94. The monoisotopic (exact) mass is 405 g/mol. The minimum atomic E-state index is 0.370. The summed E-state index contributed by atoms with van der Waals surface area (Å²) in [5.41, 5.74) is 1.34. The Morgan fingerprint density at radius 2 is 1.83 bits per heavy atom. The maximum Gasteiger partial charge on any atom is 0.193 e.